The summed E-state index contributed by atoms with van der Waals surface area (Å²) in [6.07, 6.45) is 6.44. The van der Waals surface area contributed by atoms with Crippen LogP contribution in [-0.2, 0) is 9.59 Å². The highest BCUT2D eigenvalue weighted by Gasteiger charge is 2.52. The summed E-state index contributed by atoms with van der Waals surface area (Å²) in [5.41, 5.74) is 5.69. The van der Waals surface area contributed by atoms with Crippen molar-refractivity contribution < 1.29 is 14.7 Å². The quantitative estimate of drug-likeness (QED) is 0.814. The first kappa shape index (κ1) is 13.9. The van der Waals surface area contributed by atoms with Crippen molar-refractivity contribution in [3.8, 4) is 0 Å². The van der Waals surface area contributed by atoms with E-state index in [4.69, 9.17) is 5.73 Å². The van der Waals surface area contributed by atoms with E-state index in [9.17, 15) is 14.7 Å². The summed E-state index contributed by atoms with van der Waals surface area (Å²) in [7, 11) is 0. The number of nitrogens with zero attached hydrogens (tertiary/aromatic N) is 1. The van der Waals surface area contributed by atoms with Gasteiger partial charge in [0.15, 0.2) is 0 Å². The van der Waals surface area contributed by atoms with Crippen molar-refractivity contribution in [3.63, 3.8) is 0 Å². The number of hydrogen-bond acceptors (Lipinski definition) is 3. The molecule has 3 unspecified atom stereocenters. The molecule has 2 saturated heterocycles. The SMILES string of the molecule is NCC1CCC(C(=O)N2C3CCC2C(C(=O)O)C3)CC1. The zero-order chi connectivity index (χ0) is 14.3. The van der Waals surface area contributed by atoms with Gasteiger partial charge in [-0.1, -0.05) is 0 Å². The molecular formula is C15H24N2O3. The molecule has 3 fully saturated rings. The van der Waals surface area contributed by atoms with Crippen LogP contribution in [0.3, 0.4) is 0 Å². The van der Waals surface area contributed by atoms with Crippen molar-refractivity contribution in [3.05, 3.63) is 0 Å². The van der Waals surface area contributed by atoms with Crippen LogP contribution in [-0.4, -0.2) is 40.5 Å². The van der Waals surface area contributed by atoms with E-state index >= 15 is 0 Å². The number of carbonyl (C=O) groups is 2. The summed E-state index contributed by atoms with van der Waals surface area (Å²) < 4.78 is 0. The highest BCUT2D eigenvalue weighted by molar-refractivity contribution is 5.82. The van der Waals surface area contributed by atoms with Crippen molar-refractivity contribution in [1.29, 1.82) is 0 Å². The molecule has 0 aromatic carbocycles. The molecule has 1 amide bonds. The summed E-state index contributed by atoms with van der Waals surface area (Å²) >= 11 is 0. The molecule has 3 rings (SSSR count). The van der Waals surface area contributed by atoms with Crippen molar-refractivity contribution in [2.45, 2.75) is 57.0 Å². The minimum Gasteiger partial charge on any atom is -0.481 e. The minimum atomic E-state index is -0.734. The molecule has 3 N–H and O–H groups in total. The van der Waals surface area contributed by atoms with E-state index in [1.165, 1.54) is 0 Å². The number of carbonyl (C=O) groups excluding carboxylic acids is 1. The fourth-order valence-electron chi connectivity index (χ4n) is 4.45. The lowest BCUT2D eigenvalue weighted by molar-refractivity contribution is -0.144. The van der Waals surface area contributed by atoms with Gasteiger partial charge in [-0.05, 0) is 57.4 Å². The van der Waals surface area contributed by atoms with Crippen LogP contribution in [0.15, 0.2) is 0 Å². The standard InChI is InChI=1S/C15H24N2O3/c16-8-9-1-3-10(4-2-9)14(18)17-11-5-6-13(17)12(7-11)15(19)20/h9-13H,1-8,16H2,(H,19,20). The molecule has 1 aliphatic carbocycles. The Morgan fingerprint density at radius 3 is 2.35 bits per heavy atom. The molecule has 2 bridgehead atoms. The number of fused-ring (bicyclic) bond motifs is 2. The molecule has 0 aromatic heterocycles. The molecule has 2 heterocycles. The van der Waals surface area contributed by atoms with Gasteiger partial charge in [-0.3, -0.25) is 9.59 Å². The first-order chi connectivity index (χ1) is 9.61. The zero-order valence-electron chi connectivity index (χ0n) is 11.8. The maximum atomic E-state index is 12.7. The Hall–Kier alpha value is -1.10. The van der Waals surface area contributed by atoms with E-state index in [-0.39, 0.29) is 29.8 Å². The molecule has 1 saturated carbocycles. The number of aliphatic carboxylic acids is 1. The summed E-state index contributed by atoms with van der Waals surface area (Å²) in [4.78, 5) is 25.9. The van der Waals surface area contributed by atoms with Gasteiger partial charge in [-0.15, -0.1) is 0 Å². The Morgan fingerprint density at radius 1 is 1.10 bits per heavy atom. The van der Waals surface area contributed by atoms with Crippen molar-refractivity contribution >= 4 is 11.9 Å². The number of rotatable bonds is 3. The highest BCUT2D eigenvalue weighted by atomic mass is 16.4. The van der Waals surface area contributed by atoms with Crippen molar-refractivity contribution in [2.24, 2.45) is 23.5 Å². The third-order valence-corrected chi connectivity index (χ3v) is 5.64. The van der Waals surface area contributed by atoms with Crippen LogP contribution in [0.2, 0.25) is 0 Å². The predicted octanol–water partition coefficient (Wildman–Crippen LogP) is 1.22. The molecule has 5 nitrogen and oxygen atoms in total. The molecule has 0 spiro atoms. The van der Waals surface area contributed by atoms with Crippen LogP contribution in [0, 0.1) is 17.8 Å². The van der Waals surface area contributed by atoms with Gasteiger partial charge < -0.3 is 15.7 Å². The van der Waals surface area contributed by atoms with Crippen LogP contribution in [0.1, 0.15) is 44.9 Å². The highest BCUT2D eigenvalue weighted by Crippen LogP contribution is 2.44. The Morgan fingerprint density at radius 2 is 1.80 bits per heavy atom. The van der Waals surface area contributed by atoms with E-state index in [1.54, 1.807) is 0 Å². The molecule has 112 valence electrons. The summed E-state index contributed by atoms with van der Waals surface area (Å²) in [6, 6.07) is 0.137. The van der Waals surface area contributed by atoms with Crippen LogP contribution < -0.4 is 5.73 Å². The lowest BCUT2D eigenvalue weighted by Crippen LogP contribution is -2.42. The first-order valence-corrected chi connectivity index (χ1v) is 7.87. The maximum Gasteiger partial charge on any atom is 0.308 e. The van der Waals surface area contributed by atoms with Gasteiger partial charge >= 0.3 is 5.97 Å². The Bertz CT molecular complexity index is 404. The molecule has 3 aliphatic rings. The molecule has 0 radical (unpaired) electrons. The van der Waals surface area contributed by atoms with Gasteiger partial charge in [-0.25, -0.2) is 0 Å². The fourth-order valence-corrected chi connectivity index (χ4v) is 4.45. The molecule has 3 atom stereocenters. The second kappa shape index (κ2) is 5.35. The number of carboxylic acid groups (broad SMARTS) is 1. The van der Waals surface area contributed by atoms with Crippen molar-refractivity contribution in [1.82, 2.24) is 4.90 Å². The predicted molar refractivity (Wildman–Crippen MR) is 73.9 cm³/mol. The third kappa shape index (κ3) is 2.22. The monoisotopic (exact) mass is 280 g/mol. The topological polar surface area (TPSA) is 83.6 Å². The second-order valence-corrected chi connectivity index (χ2v) is 6.68. The van der Waals surface area contributed by atoms with Gasteiger partial charge in [0.25, 0.3) is 0 Å². The van der Waals surface area contributed by atoms with Gasteiger partial charge in [0.05, 0.1) is 5.92 Å². The van der Waals surface area contributed by atoms with E-state index in [0.29, 0.717) is 12.3 Å². The maximum absolute atomic E-state index is 12.7. The van der Waals surface area contributed by atoms with E-state index in [2.05, 4.69) is 0 Å². The van der Waals surface area contributed by atoms with Crippen LogP contribution in [0.4, 0.5) is 0 Å². The zero-order valence-corrected chi connectivity index (χ0v) is 11.8. The Labute approximate surface area is 119 Å². The third-order valence-electron chi connectivity index (χ3n) is 5.64. The van der Waals surface area contributed by atoms with Crippen LogP contribution in [0.25, 0.3) is 0 Å². The number of carboxylic acids is 1. The Balaban J connectivity index is 1.65. The average Bonchev–Trinajstić information content (AvgIpc) is 3.04. The Kier molecular flexibility index (Phi) is 3.71. The van der Waals surface area contributed by atoms with E-state index in [1.807, 2.05) is 4.90 Å². The summed E-state index contributed by atoms with van der Waals surface area (Å²) in [5.74, 6) is -0.175. The van der Waals surface area contributed by atoms with Gasteiger partial charge in [0.2, 0.25) is 5.91 Å². The van der Waals surface area contributed by atoms with Crippen LogP contribution >= 0.6 is 0 Å². The van der Waals surface area contributed by atoms with E-state index in [0.717, 1.165) is 45.1 Å². The number of amides is 1. The van der Waals surface area contributed by atoms with E-state index < -0.39 is 5.97 Å². The van der Waals surface area contributed by atoms with Gasteiger partial charge in [0, 0.05) is 18.0 Å². The lowest BCUT2D eigenvalue weighted by atomic mass is 9.81. The van der Waals surface area contributed by atoms with Gasteiger partial charge in [-0.2, -0.15) is 0 Å². The molecular weight excluding hydrogens is 256 g/mol. The normalized spacial score (nSPS) is 40.0. The summed E-state index contributed by atoms with van der Waals surface area (Å²) in [6.45, 7) is 0.719. The molecule has 5 heteroatoms. The molecule has 20 heavy (non-hydrogen) atoms. The fraction of sp³-hybridized carbons (Fsp3) is 0.867. The second-order valence-electron chi connectivity index (χ2n) is 6.68. The average molecular weight is 280 g/mol. The van der Waals surface area contributed by atoms with Gasteiger partial charge in [0.1, 0.15) is 0 Å². The van der Waals surface area contributed by atoms with Crippen molar-refractivity contribution in [2.75, 3.05) is 6.54 Å². The number of hydrogen-bond donors (Lipinski definition) is 2. The largest absolute Gasteiger partial charge is 0.481 e. The number of nitrogens with two attached hydrogens (primary N) is 1. The first-order valence-electron chi connectivity index (χ1n) is 7.87. The lowest BCUT2D eigenvalue weighted by Gasteiger charge is -2.32. The molecule has 2 aliphatic heterocycles. The minimum absolute atomic E-state index is 0.0442. The van der Waals surface area contributed by atoms with Crippen LogP contribution in [0.5, 0.6) is 0 Å². The molecule has 0 aromatic rings. The smallest absolute Gasteiger partial charge is 0.308 e. The summed E-state index contributed by atoms with van der Waals surface area (Å²) in [5, 5.41) is 9.26.